The number of likely N-dealkylation sites (tertiary alicyclic amines) is 1. The fourth-order valence-corrected chi connectivity index (χ4v) is 3.58. The van der Waals surface area contributed by atoms with E-state index in [1.54, 1.807) is 12.4 Å². The molecule has 1 aliphatic heterocycles. The van der Waals surface area contributed by atoms with Gasteiger partial charge in [0.2, 0.25) is 11.8 Å². The second-order valence-electron chi connectivity index (χ2n) is 6.99. The van der Waals surface area contributed by atoms with E-state index in [0.29, 0.717) is 18.5 Å². The van der Waals surface area contributed by atoms with E-state index in [4.69, 9.17) is 4.74 Å². The van der Waals surface area contributed by atoms with Gasteiger partial charge in [-0.3, -0.25) is 14.7 Å². The van der Waals surface area contributed by atoms with Crippen molar-refractivity contribution in [1.82, 2.24) is 20.2 Å². The third-order valence-corrected chi connectivity index (χ3v) is 4.89. The number of hydrogen-bond donors (Lipinski definition) is 1. The molecule has 0 bridgehead atoms. The van der Waals surface area contributed by atoms with Gasteiger partial charge in [0.1, 0.15) is 6.10 Å². The van der Waals surface area contributed by atoms with Gasteiger partial charge in [0.25, 0.3) is 0 Å². The van der Waals surface area contributed by atoms with E-state index in [1.807, 2.05) is 6.92 Å². The third kappa shape index (κ3) is 5.16. The molecule has 0 atom stereocenters. The van der Waals surface area contributed by atoms with Crippen LogP contribution in [-0.2, 0) is 4.79 Å². The first-order chi connectivity index (χ1) is 11.7. The van der Waals surface area contributed by atoms with Crippen LogP contribution in [0.15, 0.2) is 12.4 Å². The second kappa shape index (κ2) is 8.42. The molecule has 1 aliphatic carbocycles. The summed E-state index contributed by atoms with van der Waals surface area (Å²) >= 11 is 0. The molecule has 2 fully saturated rings. The van der Waals surface area contributed by atoms with Crippen LogP contribution < -0.4 is 10.1 Å². The van der Waals surface area contributed by atoms with Gasteiger partial charge in [-0.2, -0.15) is 0 Å². The van der Waals surface area contributed by atoms with Crippen LogP contribution in [0.4, 0.5) is 0 Å². The molecule has 2 heterocycles. The number of piperidine rings is 1. The van der Waals surface area contributed by atoms with Crippen LogP contribution in [-0.4, -0.2) is 52.6 Å². The Bertz CT molecular complexity index is 538. The molecule has 0 aromatic carbocycles. The Labute approximate surface area is 144 Å². The van der Waals surface area contributed by atoms with E-state index >= 15 is 0 Å². The average molecular weight is 332 g/mol. The summed E-state index contributed by atoms with van der Waals surface area (Å²) in [5.41, 5.74) is 0.865. The van der Waals surface area contributed by atoms with Crippen molar-refractivity contribution in [1.29, 1.82) is 0 Å². The Morgan fingerprint density at radius 2 is 1.96 bits per heavy atom. The lowest BCUT2D eigenvalue weighted by Crippen LogP contribution is -2.46. The molecule has 0 spiro atoms. The number of carbonyl (C=O) groups excluding carboxylic acids is 1. The lowest BCUT2D eigenvalue weighted by atomic mass is 9.95. The van der Waals surface area contributed by atoms with Gasteiger partial charge in [0.05, 0.1) is 18.4 Å². The van der Waals surface area contributed by atoms with Gasteiger partial charge in [-0.15, -0.1) is 0 Å². The second-order valence-corrected chi connectivity index (χ2v) is 6.99. The summed E-state index contributed by atoms with van der Waals surface area (Å²) in [5.74, 6) is 0.773. The number of ether oxygens (including phenoxy) is 1. The van der Waals surface area contributed by atoms with Gasteiger partial charge in [-0.05, 0) is 32.6 Å². The van der Waals surface area contributed by atoms with Gasteiger partial charge in [0, 0.05) is 25.3 Å². The Balaban J connectivity index is 1.37. The molecular weight excluding hydrogens is 304 g/mol. The fourth-order valence-electron chi connectivity index (χ4n) is 3.58. The van der Waals surface area contributed by atoms with E-state index in [1.165, 1.54) is 19.3 Å². The van der Waals surface area contributed by atoms with Crippen LogP contribution >= 0.6 is 0 Å². The minimum Gasteiger partial charge on any atom is -0.473 e. The highest BCUT2D eigenvalue weighted by atomic mass is 16.5. The fraction of sp³-hybridized carbons (Fsp3) is 0.722. The van der Waals surface area contributed by atoms with E-state index in [-0.39, 0.29) is 12.0 Å². The average Bonchev–Trinajstić information content (AvgIpc) is 2.57. The van der Waals surface area contributed by atoms with Crippen molar-refractivity contribution >= 4 is 5.91 Å². The van der Waals surface area contributed by atoms with E-state index < -0.39 is 0 Å². The smallest absolute Gasteiger partial charge is 0.234 e. The maximum absolute atomic E-state index is 12.2. The first-order valence-corrected chi connectivity index (χ1v) is 9.16. The summed E-state index contributed by atoms with van der Waals surface area (Å²) in [6.07, 6.45) is 11.5. The Hall–Kier alpha value is -1.69. The molecule has 1 aromatic rings. The van der Waals surface area contributed by atoms with Crippen LogP contribution in [0.5, 0.6) is 5.88 Å². The third-order valence-electron chi connectivity index (χ3n) is 4.89. The molecule has 6 nitrogen and oxygen atoms in total. The number of nitrogens with zero attached hydrogens (tertiary/aromatic N) is 3. The Morgan fingerprint density at radius 3 is 2.67 bits per heavy atom. The summed E-state index contributed by atoms with van der Waals surface area (Å²) in [5, 5.41) is 3.19. The first-order valence-electron chi connectivity index (χ1n) is 9.16. The highest BCUT2D eigenvalue weighted by molar-refractivity contribution is 5.78. The summed E-state index contributed by atoms with van der Waals surface area (Å²) in [4.78, 5) is 22.9. The minimum atomic E-state index is 0.166. The first kappa shape index (κ1) is 17.1. The van der Waals surface area contributed by atoms with Gasteiger partial charge in [-0.25, -0.2) is 4.98 Å². The highest BCUT2D eigenvalue weighted by Gasteiger charge is 2.23. The Morgan fingerprint density at radius 1 is 1.21 bits per heavy atom. The van der Waals surface area contributed by atoms with E-state index in [0.717, 1.165) is 44.5 Å². The van der Waals surface area contributed by atoms with Crippen molar-refractivity contribution in [3.8, 4) is 5.88 Å². The van der Waals surface area contributed by atoms with E-state index in [9.17, 15) is 4.79 Å². The lowest BCUT2D eigenvalue weighted by molar-refractivity contribution is -0.123. The summed E-state index contributed by atoms with van der Waals surface area (Å²) in [6, 6.07) is 0.395. The van der Waals surface area contributed by atoms with Gasteiger partial charge < -0.3 is 10.1 Å². The van der Waals surface area contributed by atoms with Crippen molar-refractivity contribution in [2.45, 2.75) is 64.0 Å². The van der Waals surface area contributed by atoms with E-state index in [2.05, 4.69) is 20.2 Å². The van der Waals surface area contributed by atoms with Crippen molar-refractivity contribution in [2.75, 3.05) is 19.6 Å². The van der Waals surface area contributed by atoms with Crippen molar-refractivity contribution in [2.24, 2.45) is 0 Å². The molecule has 0 unspecified atom stereocenters. The molecule has 0 radical (unpaired) electrons. The molecule has 1 amide bonds. The predicted octanol–water partition coefficient (Wildman–Crippen LogP) is 2.08. The maximum atomic E-state index is 12.2. The van der Waals surface area contributed by atoms with Crippen molar-refractivity contribution in [3.05, 3.63) is 18.1 Å². The summed E-state index contributed by atoms with van der Waals surface area (Å²) in [6.45, 7) is 4.20. The number of aryl methyl sites for hydroxylation is 1. The van der Waals surface area contributed by atoms with Crippen molar-refractivity contribution in [3.63, 3.8) is 0 Å². The Kier molecular flexibility index (Phi) is 6.01. The molecule has 24 heavy (non-hydrogen) atoms. The largest absolute Gasteiger partial charge is 0.473 e. The molecule has 2 aliphatic rings. The van der Waals surface area contributed by atoms with Crippen LogP contribution in [0, 0.1) is 6.92 Å². The van der Waals surface area contributed by atoms with Crippen molar-refractivity contribution < 1.29 is 9.53 Å². The van der Waals surface area contributed by atoms with Crippen LogP contribution in [0.25, 0.3) is 0 Å². The predicted molar refractivity (Wildman–Crippen MR) is 91.9 cm³/mol. The summed E-state index contributed by atoms with van der Waals surface area (Å²) in [7, 11) is 0. The molecular formula is C18H28N4O2. The van der Waals surface area contributed by atoms with Crippen LogP contribution in [0.1, 0.15) is 50.6 Å². The highest BCUT2D eigenvalue weighted by Crippen LogP contribution is 2.18. The molecule has 1 aromatic heterocycles. The lowest BCUT2D eigenvalue weighted by Gasteiger charge is -2.32. The monoisotopic (exact) mass is 332 g/mol. The van der Waals surface area contributed by atoms with Gasteiger partial charge >= 0.3 is 0 Å². The molecule has 1 saturated heterocycles. The minimum absolute atomic E-state index is 0.166. The van der Waals surface area contributed by atoms with Crippen LogP contribution in [0.2, 0.25) is 0 Å². The number of nitrogens with one attached hydrogen (secondary N) is 1. The topological polar surface area (TPSA) is 67.3 Å². The standard InChI is InChI=1S/C18H28N4O2/c1-14-11-19-12-18(20-14)24-16-7-9-22(10-8-16)13-17(23)21-15-5-3-2-4-6-15/h11-12,15-16H,2-10,13H2,1H3,(H,21,23). The SMILES string of the molecule is Cc1cncc(OC2CCN(CC(=O)NC3CCCCC3)CC2)n1. The zero-order valence-electron chi connectivity index (χ0n) is 14.5. The molecule has 132 valence electrons. The molecule has 6 heteroatoms. The molecule has 1 N–H and O–H groups in total. The zero-order chi connectivity index (χ0) is 16.8. The van der Waals surface area contributed by atoms with Crippen LogP contribution in [0.3, 0.4) is 0 Å². The molecule has 3 rings (SSSR count). The quantitative estimate of drug-likeness (QED) is 0.894. The number of carbonyl (C=O) groups is 1. The number of aromatic nitrogens is 2. The number of amides is 1. The van der Waals surface area contributed by atoms with Gasteiger partial charge in [0.15, 0.2) is 0 Å². The summed E-state index contributed by atoms with van der Waals surface area (Å²) < 4.78 is 5.91. The normalized spacial score (nSPS) is 20.7. The molecule has 1 saturated carbocycles. The van der Waals surface area contributed by atoms with Gasteiger partial charge in [-0.1, -0.05) is 19.3 Å². The zero-order valence-corrected chi connectivity index (χ0v) is 14.5. The number of rotatable bonds is 5. The number of hydrogen-bond acceptors (Lipinski definition) is 5. The maximum Gasteiger partial charge on any atom is 0.234 e.